The van der Waals surface area contributed by atoms with Crippen LogP contribution in [0.3, 0.4) is 0 Å². The third kappa shape index (κ3) is 4.81. The second kappa shape index (κ2) is 9.10. The molecule has 0 saturated heterocycles. The van der Waals surface area contributed by atoms with Crippen LogP contribution in [0.2, 0.25) is 5.02 Å². The van der Waals surface area contributed by atoms with Crippen molar-refractivity contribution >= 4 is 28.4 Å². The van der Waals surface area contributed by atoms with Crippen molar-refractivity contribution in [2.45, 2.75) is 13.0 Å². The highest BCUT2D eigenvalue weighted by Crippen LogP contribution is 2.15. The van der Waals surface area contributed by atoms with Gasteiger partial charge in [-0.25, -0.2) is 9.37 Å². The number of fused-ring (bicyclic) bond motifs is 1. The van der Waals surface area contributed by atoms with Crippen molar-refractivity contribution in [2.75, 3.05) is 6.54 Å². The number of amides is 1. The summed E-state index contributed by atoms with van der Waals surface area (Å²) in [5, 5.41) is 1.10. The van der Waals surface area contributed by atoms with E-state index < -0.39 is 11.7 Å². The summed E-state index contributed by atoms with van der Waals surface area (Å²) in [5.74, 6) is -0.726. The van der Waals surface area contributed by atoms with Gasteiger partial charge in [-0.1, -0.05) is 48.0 Å². The van der Waals surface area contributed by atoms with Gasteiger partial charge in [0.15, 0.2) is 0 Å². The topological polar surface area (TPSA) is 66.1 Å². The van der Waals surface area contributed by atoms with Crippen LogP contribution in [-0.4, -0.2) is 27.3 Å². The van der Waals surface area contributed by atoms with Gasteiger partial charge in [-0.15, -0.1) is 0 Å². The SMILES string of the molecule is O=C(c1ccccc1F)N(CCc1ccc(Cl)cc1)Cc1nc2ccccc2c(=O)[nH]1. The highest BCUT2D eigenvalue weighted by Gasteiger charge is 2.20. The fraction of sp³-hybridized carbons (Fsp3) is 0.125. The van der Waals surface area contributed by atoms with Gasteiger partial charge in [0.1, 0.15) is 11.6 Å². The Hall–Kier alpha value is -3.51. The second-order valence-electron chi connectivity index (χ2n) is 7.11. The Balaban J connectivity index is 1.64. The Morgan fingerprint density at radius 3 is 2.48 bits per heavy atom. The molecule has 0 aliphatic carbocycles. The Morgan fingerprint density at radius 1 is 1.00 bits per heavy atom. The molecule has 1 amide bonds. The number of hydrogen-bond donors (Lipinski definition) is 1. The van der Waals surface area contributed by atoms with E-state index in [2.05, 4.69) is 9.97 Å². The average Bonchev–Trinajstić information content (AvgIpc) is 2.78. The highest BCUT2D eigenvalue weighted by atomic mass is 35.5. The maximum absolute atomic E-state index is 14.3. The van der Waals surface area contributed by atoms with E-state index in [4.69, 9.17) is 11.6 Å². The lowest BCUT2D eigenvalue weighted by molar-refractivity contribution is 0.0736. The molecule has 0 atom stereocenters. The fourth-order valence-electron chi connectivity index (χ4n) is 3.36. The molecular formula is C24H19ClFN3O2. The van der Waals surface area contributed by atoms with Crippen molar-refractivity contribution < 1.29 is 9.18 Å². The molecule has 0 aliphatic heterocycles. The molecule has 7 heteroatoms. The Bertz CT molecular complexity index is 1290. The van der Waals surface area contributed by atoms with Crippen LogP contribution in [0.25, 0.3) is 10.9 Å². The summed E-state index contributed by atoms with van der Waals surface area (Å²) >= 11 is 5.94. The smallest absolute Gasteiger partial charge is 0.258 e. The lowest BCUT2D eigenvalue weighted by atomic mass is 10.1. The van der Waals surface area contributed by atoms with Gasteiger partial charge in [0.2, 0.25) is 0 Å². The Kier molecular flexibility index (Phi) is 6.09. The van der Waals surface area contributed by atoms with E-state index in [1.807, 2.05) is 12.1 Å². The molecule has 4 aromatic rings. The fourth-order valence-corrected chi connectivity index (χ4v) is 3.49. The number of nitrogens with zero attached hydrogens (tertiary/aromatic N) is 2. The van der Waals surface area contributed by atoms with Gasteiger partial charge in [-0.3, -0.25) is 9.59 Å². The molecule has 0 spiro atoms. The van der Waals surface area contributed by atoms with Crippen molar-refractivity contribution in [3.05, 3.63) is 111 Å². The maximum atomic E-state index is 14.3. The summed E-state index contributed by atoms with van der Waals surface area (Å²) in [5.41, 5.74) is 1.21. The van der Waals surface area contributed by atoms with E-state index in [1.165, 1.54) is 23.1 Å². The third-order valence-electron chi connectivity index (χ3n) is 4.98. The number of nitrogens with one attached hydrogen (secondary N) is 1. The zero-order valence-electron chi connectivity index (χ0n) is 16.5. The lowest BCUT2D eigenvalue weighted by Gasteiger charge is -2.23. The zero-order valence-corrected chi connectivity index (χ0v) is 17.3. The summed E-state index contributed by atoms with van der Waals surface area (Å²) < 4.78 is 14.3. The third-order valence-corrected chi connectivity index (χ3v) is 5.23. The van der Waals surface area contributed by atoms with E-state index in [0.29, 0.717) is 34.7 Å². The van der Waals surface area contributed by atoms with Crippen molar-refractivity contribution in [1.82, 2.24) is 14.9 Å². The highest BCUT2D eigenvalue weighted by molar-refractivity contribution is 6.30. The molecule has 1 aromatic heterocycles. The summed E-state index contributed by atoms with van der Waals surface area (Å²) in [7, 11) is 0. The van der Waals surface area contributed by atoms with Crippen molar-refractivity contribution in [2.24, 2.45) is 0 Å². The summed E-state index contributed by atoms with van der Waals surface area (Å²) in [6.07, 6.45) is 0.537. The minimum Gasteiger partial charge on any atom is -0.331 e. The summed E-state index contributed by atoms with van der Waals surface area (Å²) in [6, 6.07) is 20.2. The number of carbonyl (C=O) groups excluding carboxylic acids is 1. The Morgan fingerprint density at radius 2 is 1.71 bits per heavy atom. The van der Waals surface area contributed by atoms with Crippen LogP contribution >= 0.6 is 11.6 Å². The number of halogens is 2. The maximum Gasteiger partial charge on any atom is 0.258 e. The van der Waals surface area contributed by atoms with Gasteiger partial charge in [-0.05, 0) is 48.4 Å². The van der Waals surface area contributed by atoms with Crippen molar-refractivity contribution in [3.63, 3.8) is 0 Å². The molecule has 3 aromatic carbocycles. The van der Waals surface area contributed by atoms with E-state index in [-0.39, 0.29) is 17.7 Å². The van der Waals surface area contributed by atoms with Crippen LogP contribution < -0.4 is 5.56 Å². The first kappa shape index (κ1) is 20.8. The van der Waals surface area contributed by atoms with Crippen LogP contribution in [0.15, 0.2) is 77.6 Å². The molecule has 0 unspecified atom stereocenters. The van der Waals surface area contributed by atoms with Gasteiger partial charge in [-0.2, -0.15) is 0 Å². The number of H-pyrrole nitrogens is 1. The second-order valence-corrected chi connectivity index (χ2v) is 7.55. The van der Waals surface area contributed by atoms with Gasteiger partial charge in [0, 0.05) is 11.6 Å². The van der Waals surface area contributed by atoms with Crippen LogP contribution in [-0.2, 0) is 13.0 Å². The van der Waals surface area contributed by atoms with Crippen molar-refractivity contribution in [3.8, 4) is 0 Å². The molecular weight excluding hydrogens is 417 g/mol. The number of rotatable bonds is 6. The number of benzene rings is 3. The normalized spacial score (nSPS) is 10.9. The first-order valence-electron chi connectivity index (χ1n) is 9.77. The predicted octanol–water partition coefficient (Wildman–Crippen LogP) is 4.60. The minimum absolute atomic E-state index is 0.0262. The molecule has 0 saturated carbocycles. The summed E-state index contributed by atoms with van der Waals surface area (Å²) in [4.78, 5) is 34.3. The monoisotopic (exact) mass is 435 g/mol. The van der Waals surface area contributed by atoms with Crippen LogP contribution in [0.4, 0.5) is 4.39 Å². The number of aromatic nitrogens is 2. The molecule has 0 radical (unpaired) electrons. The van der Waals surface area contributed by atoms with E-state index in [0.717, 1.165) is 5.56 Å². The molecule has 0 bridgehead atoms. The van der Waals surface area contributed by atoms with Crippen LogP contribution in [0.1, 0.15) is 21.7 Å². The molecule has 1 N–H and O–H groups in total. The zero-order chi connectivity index (χ0) is 21.8. The number of para-hydroxylation sites is 1. The molecule has 1 heterocycles. The van der Waals surface area contributed by atoms with Gasteiger partial charge >= 0.3 is 0 Å². The number of aromatic amines is 1. The number of carbonyl (C=O) groups is 1. The molecule has 5 nitrogen and oxygen atoms in total. The first-order valence-corrected chi connectivity index (χ1v) is 10.2. The van der Waals surface area contributed by atoms with Crippen molar-refractivity contribution in [1.29, 1.82) is 0 Å². The molecule has 31 heavy (non-hydrogen) atoms. The molecule has 156 valence electrons. The number of hydrogen-bond acceptors (Lipinski definition) is 3. The first-order chi connectivity index (χ1) is 15.0. The molecule has 4 rings (SSSR count). The quantitative estimate of drug-likeness (QED) is 0.481. The predicted molar refractivity (Wildman–Crippen MR) is 119 cm³/mol. The Labute approximate surface area is 183 Å². The van der Waals surface area contributed by atoms with E-state index in [1.54, 1.807) is 42.5 Å². The molecule has 0 fully saturated rings. The molecule has 0 aliphatic rings. The largest absolute Gasteiger partial charge is 0.331 e. The van der Waals surface area contributed by atoms with Gasteiger partial charge in [0.05, 0.1) is 23.0 Å². The average molecular weight is 436 g/mol. The van der Waals surface area contributed by atoms with Crippen LogP contribution in [0.5, 0.6) is 0 Å². The van der Waals surface area contributed by atoms with Crippen LogP contribution in [0, 0.1) is 5.82 Å². The van der Waals surface area contributed by atoms with E-state index >= 15 is 0 Å². The van der Waals surface area contributed by atoms with Gasteiger partial charge < -0.3 is 9.88 Å². The standard InChI is InChI=1S/C24H19ClFN3O2/c25-17-11-9-16(10-12-17)13-14-29(24(31)18-5-1-3-7-20(18)26)15-22-27-21-8-4-2-6-19(21)23(30)28-22/h1-12H,13-15H2,(H,27,28,30). The summed E-state index contributed by atoms with van der Waals surface area (Å²) in [6.45, 7) is 0.353. The minimum atomic E-state index is -0.594. The lowest BCUT2D eigenvalue weighted by Crippen LogP contribution is -2.34. The van der Waals surface area contributed by atoms with E-state index in [9.17, 15) is 14.0 Å². The van der Waals surface area contributed by atoms with Gasteiger partial charge in [0.25, 0.3) is 11.5 Å².